The summed E-state index contributed by atoms with van der Waals surface area (Å²) in [5.41, 5.74) is 0.550. The van der Waals surface area contributed by atoms with E-state index in [1.165, 1.54) is 12.4 Å². The molecule has 5 rings (SSSR count). The van der Waals surface area contributed by atoms with Crippen LogP contribution in [0.15, 0.2) is 30.6 Å². The highest BCUT2D eigenvalue weighted by molar-refractivity contribution is 6.31. The van der Waals surface area contributed by atoms with Gasteiger partial charge >= 0.3 is 0 Å². The van der Waals surface area contributed by atoms with Crippen LogP contribution in [0.1, 0.15) is 47.0 Å². The summed E-state index contributed by atoms with van der Waals surface area (Å²) in [6, 6.07) is 4.16. The number of amides is 1. The molecule has 1 amide bonds. The van der Waals surface area contributed by atoms with Crippen molar-refractivity contribution in [3.05, 3.63) is 47.2 Å². The molecule has 0 radical (unpaired) electrons. The normalized spacial score (nSPS) is 19.9. The Labute approximate surface area is 266 Å². The van der Waals surface area contributed by atoms with E-state index in [-0.39, 0.29) is 29.3 Å². The first-order chi connectivity index (χ1) is 21.4. The van der Waals surface area contributed by atoms with E-state index in [2.05, 4.69) is 25.9 Å². The van der Waals surface area contributed by atoms with Gasteiger partial charge in [-0.15, -0.1) is 0 Å². The number of carbonyl (C=O) groups excluding carboxylic acids is 2. The van der Waals surface area contributed by atoms with E-state index < -0.39 is 40.2 Å². The number of rotatable bonds is 10. The van der Waals surface area contributed by atoms with E-state index in [1.807, 2.05) is 31.7 Å². The number of fused-ring (bicyclic) bond motifs is 1. The van der Waals surface area contributed by atoms with Gasteiger partial charge in [0.25, 0.3) is 0 Å². The first-order valence-corrected chi connectivity index (χ1v) is 15.5. The van der Waals surface area contributed by atoms with Crippen LogP contribution in [-0.2, 0) is 14.3 Å². The third-order valence-corrected chi connectivity index (χ3v) is 8.69. The van der Waals surface area contributed by atoms with E-state index in [1.54, 1.807) is 20.0 Å². The lowest BCUT2D eigenvalue weighted by molar-refractivity contribution is -0.131. The first-order valence-electron chi connectivity index (χ1n) is 15.1. The maximum atomic E-state index is 14.9. The molecular formula is C32H39ClF2N6O4. The summed E-state index contributed by atoms with van der Waals surface area (Å²) in [6.45, 7) is 9.11. The molecule has 2 aliphatic rings. The van der Waals surface area contributed by atoms with Gasteiger partial charge < -0.3 is 30.3 Å². The minimum atomic E-state index is -0.946. The van der Waals surface area contributed by atoms with Crippen molar-refractivity contribution in [2.45, 2.75) is 71.2 Å². The molecule has 3 aromatic rings. The van der Waals surface area contributed by atoms with Gasteiger partial charge in [-0.05, 0) is 50.4 Å². The second-order valence-electron chi connectivity index (χ2n) is 12.6. The summed E-state index contributed by atoms with van der Waals surface area (Å²) < 4.78 is 40.7. The number of nitrogens with one attached hydrogen (secondary N) is 3. The number of benzene rings is 2. The van der Waals surface area contributed by atoms with Crippen LogP contribution in [0, 0.1) is 17.0 Å². The van der Waals surface area contributed by atoms with Gasteiger partial charge in [0.2, 0.25) is 5.91 Å². The average molecular weight is 645 g/mol. The molecule has 0 unspecified atom stereocenters. The monoisotopic (exact) mass is 644 g/mol. The van der Waals surface area contributed by atoms with Gasteiger partial charge in [-0.25, -0.2) is 18.7 Å². The van der Waals surface area contributed by atoms with Crippen molar-refractivity contribution in [2.24, 2.45) is 5.41 Å². The summed E-state index contributed by atoms with van der Waals surface area (Å²) in [7, 11) is 1.69. The van der Waals surface area contributed by atoms with Crippen LogP contribution in [0.3, 0.4) is 0 Å². The van der Waals surface area contributed by atoms with Crippen molar-refractivity contribution in [3.63, 3.8) is 0 Å². The molecule has 0 saturated carbocycles. The van der Waals surface area contributed by atoms with E-state index >= 15 is 0 Å². The molecule has 2 fully saturated rings. The summed E-state index contributed by atoms with van der Waals surface area (Å²) >= 11 is 5.82. The number of ketones is 1. The number of halogens is 3. The maximum absolute atomic E-state index is 14.9. The molecule has 4 atom stereocenters. The topological polar surface area (TPSA) is 118 Å². The molecule has 0 bridgehead atoms. The zero-order chi connectivity index (χ0) is 32.5. The molecule has 3 heterocycles. The van der Waals surface area contributed by atoms with Crippen LogP contribution in [0.25, 0.3) is 10.9 Å². The fourth-order valence-corrected chi connectivity index (χ4v) is 5.85. The Morgan fingerprint density at radius 2 is 1.96 bits per heavy atom. The lowest BCUT2D eigenvalue weighted by Crippen LogP contribution is -2.57. The highest BCUT2D eigenvalue weighted by atomic mass is 35.5. The largest absolute Gasteiger partial charge is 0.486 e. The van der Waals surface area contributed by atoms with Crippen LogP contribution in [-0.4, -0.2) is 72.7 Å². The summed E-state index contributed by atoms with van der Waals surface area (Å²) in [5.74, 6) is -1.38. The molecule has 2 saturated heterocycles. The molecule has 13 heteroatoms. The van der Waals surface area contributed by atoms with E-state index in [0.29, 0.717) is 54.9 Å². The van der Waals surface area contributed by atoms with Crippen molar-refractivity contribution in [2.75, 3.05) is 37.0 Å². The molecule has 0 spiro atoms. The number of ether oxygens (including phenoxy) is 2. The van der Waals surface area contributed by atoms with Gasteiger partial charge in [0, 0.05) is 24.4 Å². The molecule has 3 N–H and O–H groups in total. The van der Waals surface area contributed by atoms with Crippen LogP contribution < -0.4 is 25.6 Å². The smallest absolute Gasteiger partial charge is 0.237 e. The number of aromatic nitrogens is 2. The van der Waals surface area contributed by atoms with Crippen molar-refractivity contribution < 1.29 is 27.8 Å². The first kappa shape index (κ1) is 32.8. The molecule has 242 valence electrons. The molecule has 10 nitrogen and oxygen atoms in total. The maximum Gasteiger partial charge on any atom is 0.237 e. The summed E-state index contributed by atoms with van der Waals surface area (Å²) in [6.07, 6.45) is 3.19. The predicted molar refractivity (Wildman–Crippen MR) is 169 cm³/mol. The lowest BCUT2D eigenvalue weighted by Gasteiger charge is -2.36. The van der Waals surface area contributed by atoms with Gasteiger partial charge in [0.15, 0.2) is 11.6 Å². The third-order valence-electron chi connectivity index (χ3n) is 8.34. The Kier molecular flexibility index (Phi) is 9.76. The van der Waals surface area contributed by atoms with Gasteiger partial charge in [0.05, 0.1) is 48.2 Å². The average Bonchev–Trinajstić information content (AvgIpc) is 3.71. The Morgan fingerprint density at radius 3 is 2.64 bits per heavy atom. The fraction of sp³-hybridized carbons (Fsp3) is 0.500. The number of hydrogen-bond donors (Lipinski definition) is 3. The highest BCUT2D eigenvalue weighted by Crippen LogP contribution is 2.41. The van der Waals surface area contributed by atoms with Crippen LogP contribution in [0.4, 0.5) is 26.0 Å². The zero-order valence-electron chi connectivity index (χ0n) is 26.0. The molecular weight excluding hydrogens is 606 g/mol. The van der Waals surface area contributed by atoms with Crippen LogP contribution in [0.2, 0.25) is 5.02 Å². The highest BCUT2D eigenvalue weighted by Gasteiger charge is 2.42. The Balaban J connectivity index is 1.56. The Bertz CT molecular complexity index is 1580. The minimum absolute atomic E-state index is 0.0554. The molecule has 45 heavy (non-hydrogen) atoms. The van der Waals surface area contributed by atoms with E-state index in [9.17, 15) is 18.4 Å². The number of nitrogens with zero attached hydrogens (tertiary/aromatic N) is 3. The summed E-state index contributed by atoms with van der Waals surface area (Å²) in [4.78, 5) is 38.0. The van der Waals surface area contributed by atoms with Gasteiger partial charge in [-0.2, -0.15) is 0 Å². The Morgan fingerprint density at radius 1 is 1.18 bits per heavy atom. The van der Waals surface area contributed by atoms with E-state index in [4.69, 9.17) is 21.1 Å². The van der Waals surface area contributed by atoms with Gasteiger partial charge in [-0.3, -0.25) is 9.59 Å². The van der Waals surface area contributed by atoms with Crippen LogP contribution >= 0.6 is 11.6 Å². The van der Waals surface area contributed by atoms with Gasteiger partial charge in [-0.1, -0.05) is 32.4 Å². The number of likely N-dealkylation sites (N-methyl/N-ethyl adjacent to an activating group) is 1. The number of carbonyl (C=O) groups is 2. The Hall–Kier alpha value is -3.61. The fourth-order valence-electron chi connectivity index (χ4n) is 5.68. The third kappa shape index (κ3) is 6.97. The quantitative estimate of drug-likeness (QED) is 0.258. The molecule has 1 aromatic heterocycles. The molecule has 0 aliphatic carbocycles. The second-order valence-corrected chi connectivity index (χ2v) is 13.0. The standard InChI is InChI=1S/C32H39ClF2N6O4/c1-17(36-5)31(43)40-29(32(2,3)4)28(42)23-7-6-11-41(23)24-13-19-22(14-25(24)45-18-10-12-44-15-18)37-16-38-30(19)39-21-9-8-20(34)26(33)27(21)35/h8-9,13-14,16-18,23,29,36H,6-7,10-12,15H2,1-5H3,(H,40,43)(H,37,38,39)/t17-,18+,23-,29+/m0/s1. The molecule has 2 aromatic carbocycles. The van der Waals surface area contributed by atoms with E-state index in [0.717, 1.165) is 12.5 Å². The zero-order valence-corrected chi connectivity index (χ0v) is 26.8. The van der Waals surface area contributed by atoms with Crippen LogP contribution in [0.5, 0.6) is 5.75 Å². The lowest BCUT2D eigenvalue weighted by atomic mass is 9.81. The second kappa shape index (κ2) is 13.4. The number of hydrogen-bond acceptors (Lipinski definition) is 9. The van der Waals surface area contributed by atoms with Crippen molar-refractivity contribution in [3.8, 4) is 5.75 Å². The predicted octanol–water partition coefficient (Wildman–Crippen LogP) is 5.15. The van der Waals surface area contributed by atoms with Crippen molar-refractivity contribution in [1.82, 2.24) is 20.6 Å². The van der Waals surface area contributed by atoms with Crippen molar-refractivity contribution >= 4 is 51.4 Å². The minimum Gasteiger partial charge on any atom is -0.486 e. The SMILES string of the molecule is CN[C@@H](C)C(=O)N[C@H](C(=O)[C@@H]1CCCN1c1cc2c(Nc3ccc(F)c(Cl)c3F)ncnc2cc1O[C@@H]1CCOC1)C(C)(C)C. The van der Waals surface area contributed by atoms with Crippen molar-refractivity contribution in [1.29, 1.82) is 0 Å². The summed E-state index contributed by atoms with van der Waals surface area (Å²) in [5, 5.41) is 8.74. The number of anilines is 3. The molecule has 2 aliphatic heterocycles. The van der Waals surface area contributed by atoms with Gasteiger partial charge in [0.1, 0.15) is 34.8 Å². The number of Topliss-reactive ketones (excluding diaryl/α,β-unsaturated/α-hetero) is 1.